The number of H-pyrrole nitrogens is 1. The van der Waals surface area contributed by atoms with E-state index < -0.39 is 17.1 Å². The van der Waals surface area contributed by atoms with Gasteiger partial charge in [0.25, 0.3) is 0 Å². The molecule has 1 aromatic carbocycles. The standard InChI is InChI=1S/C18H16F3N3OS/c1-9(14-6-7-15(26-14)18(19,20)21)22-17(25)11-8-10(11)16-23-12-4-2-3-5-13(12)24-16/h2-7,9-11H,8H2,1H3,(H,22,25)(H,23,24)/t9?,10-,11-/m0/s1. The van der Waals surface area contributed by atoms with Gasteiger partial charge in [-0.05, 0) is 37.6 Å². The predicted octanol–water partition coefficient (Wildman–Crippen LogP) is 4.62. The third-order valence-corrected chi connectivity index (χ3v) is 5.89. The number of hydrogen-bond acceptors (Lipinski definition) is 3. The summed E-state index contributed by atoms with van der Waals surface area (Å²) in [5, 5.41) is 2.82. The first-order valence-electron chi connectivity index (χ1n) is 8.25. The summed E-state index contributed by atoms with van der Waals surface area (Å²) in [6.07, 6.45) is -3.66. The molecule has 136 valence electrons. The van der Waals surface area contributed by atoms with Crippen LogP contribution in [0.1, 0.15) is 40.9 Å². The van der Waals surface area contributed by atoms with E-state index >= 15 is 0 Å². The fourth-order valence-electron chi connectivity index (χ4n) is 3.06. The number of alkyl halides is 3. The number of nitrogens with one attached hydrogen (secondary N) is 2. The largest absolute Gasteiger partial charge is 0.425 e. The number of halogens is 3. The van der Waals surface area contributed by atoms with Crippen LogP contribution in [0.15, 0.2) is 36.4 Å². The SMILES string of the molecule is CC(NC(=O)[C@H]1C[C@@H]1c1nc2ccccc2[nH]1)c1ccc(C(F)(F)F)s1. The zero-order valence-electron chi connectivity index (χ0n) is 13.8. The first kappa shape index (κ1) is 17.1. The van der Waals surface area contributed by atoms with E-state index in [0.29, 0.717) is 22.6 Å². The van der Waals surface area contributed by atoms with Gasteiger partial charge in [-0.3, -0.25) is 4.79 Å². The van der Waals surface area contributed by atoms with Crippen LogP contribution in [0.25, 0.3) is 11.0 Å². The second-order valence-electron chi connectivity index (χ2n) is 6.52. The molecule has 2 heterocycles. The van der Waals surface area contributed by atoms with Gasteiger partial charge in [-0.2, -0.15) is 13.2 Å². The number of para-hydroxylation sites is 2. The molecule has 1 unspecified atom stereocenters. The monoisotopic (exact) mass is 379 g/mol. The zero-order valence-corrected chi connectivity index (χ0v) is 14.6. The van der Waals surface area contributed by atoms with Crippen molar-refractivity contribution in [2.24, 2.45) is 5.92 Å². The summed E-state index contributed by atoms with van der Waals surface area (Å²) in [6.45, 7) is 1.70. The highest BCUT2D eigenvalue weighted by Gasteiger charge is 2.46. The number of carbonyl (C=O) groups excluding carboxylic acids is 1. The Labute approximate surface area is 151 Å². The van der Waals surface area contributed by atoms with E-state index in [9.17, 15) is 18.0 Å². The van der Waals surface area contributed by atoms with Crippen molar-refractivity contribution in [1.82, 2.24) is 15.3 Å². The average Bonchev–Trinajstić information content (AvgIpc) is 3.04. The summed E-state index contributed by atoms with van der Waals surface area (Å²) in [6, 6.07) is 9.67. The molecule has 1 aliphatic rings. The van der Waals surface area contributed by atoms with E-state index in [2.05, 4.69) is 15.3 Å². The van der Waals surface area contributed by atoms with Crippen LogP contribution >= 0.6 is 11.3 Å². The van der Waals surface area contributed by atoms with Crippen molar-refractivity contribution in [2.45, 2.75) is 31.5 Å². The van der Waals surface area contributed by atoms with Gasteiger partial charge in [0.1, 0.15) is 10.7 Å². The fourth-order valence-corrected chi connectivity index (χ4v) is 3.94. The minimum Gasteiger partial charge on any atom is -0.349 e. The van der Waals surface area contributed by atoms with Crippen molar-refractivity contribution in [3.8, 4) is 0 Å². The van der Waals surface area contributed by atoms with Crippen molar-refractivity contribution in [2.75, 3.05) is 0 Å². The van der Waals surface area contributed by atoms with Crippen molar-refractivity contribution >= 4 is 28.3 Å². The van der Waals surface area contributed by atoms with Crippen molar-refractivity contribution < 1.29 is 18.0 Å². The number of aromatic amines is 1. The van der Waals surface area contributed by atoms with Crippen LogP contribution in [0.4, 0.5) is 13.2 Å². The molecule has 3 atom stereocenters. The first-order valence-corrected chi connectivity index (χ1v) is 9.06. The number of carbonyl (C=O) groups is 1. The summed E-state index contributed by atoms with van der Waals surface area (Å²) in [5.41, 5.74) is 1.79. The lowest BCUT2D eigenvalue weighted by atomic mass is 10.2. The van der Waals surface area contributed by atoms with Crippen LogP contribution in [0, 0.1) is 5.92 Å². The number of benzene rings is 1. The van der Waals surface area contributed by atoms with E-state index in [-0.39, 0.29) is 17.7 Å². The topological polar surface area (TPSA) is 57.8 Å². The number of thiophene rings is 1. The molecule has 0 radical (unpaired) electrons. The molecule has 1 fully saturated rings. The van der Waals surface area contributed by atoms with Gasteiger partial charge >= 0.3 is 6.18 Å². The van der Waals surface area contributed by atoms with Gasteiger partial charge < -0.3 is 10.3 Å². The van der Waals surface area contributed by atoms with Crippen LogP contribution in [0.3, 0.4) is 0 Å². The molecule has 1 aliphatic carbocycles. The maximum absolute atomic E-state index is 12.7. The molecule has 26 heavy (non-hydrogen) atoms. The van der Waals surface area contributed by atoms with Crippen molar-refractivity contribution in [3.05, 3.63) is 52.0 Å². The number of fused-ring (bicyclic) bond motifs is 1. The molecule has 0 bridgehead atoms. The summed E-state index contributed by atoms with van der Waals surface area (Å²) in [4.78, 5) is 20.0. The van der Waals surface area contributed by atoms with Gasteiger partial charge in [-0.1, -0.05) is 12.1 Å². The summed E-state index contributed by atoms with van der Waals surface area (Å²) in [5.74, 6) is 0.475. The smallest absolute Gasteiger partial charge is 0.349 e. The van der Waals surface area contributed by atoms with Gasteiger partial charge in [0.2, 0.25) is 5.91 Å². The van der Waals surface area contributed by atoms with Crippen molar-refractivity contribution in [1.29, 1.82) is 0 Å². The number of rotatable bonds is 4. The molecule has 3 aromatic rings. The molecule has 0 aliphatic heterocycles. The van der Waals surface area contributed by atoms with E-state index in [1.165, 1.54) is 6.07 Å². The second-order valence-corrected chi connectivity index (χ2v) is 7.63. The highest BCUT2D eigenvalue weighted by atomic mass is 32.1. The lowest BCUT2D eigenvalue weighted by Crippen LogP contribution is -2.28. The maximum atomic E-state index is 12.7. The quantitative estimate of drug-likeness (QED) is 0.695. The molecule has 1 amide bonds. The Morgan fingerprint density at radius 1 is 1.31 bits per heavy atom. The van der Waals surface area contributed by atoms with Crippen LogP contribution in [-0.2, 0) is 11.0 Å². The van der Waals surface area contributed by atoms with Crippen molar-refractivity contribution in [3.63, 3.8) is 0 Å². The minimum atomic E-state index is -4.35. The summed E-state index contributed by atoms with van der Waals surface area (Å²) in [7, 11) is 0. The number of imidazole rings is 1. The number of amides is 1. The Morgan fingerprint density at radius 3 is 2.77 bits per heavy atom. The van der Waals surface area contributed by atoms with Gasteiger partial charge in [-0.15, -0.1) is 11.3 Å². The number of aromatic nitrogens is 2. The molecule has 0 saturated heterocycles. The number of nitrogens with zero attached hydrogens (tertiary/aromatic N) is 1. The Hall–Kier alpha value is -2.35. The van der Waals surface area contributed by atoms with Gasteiger partial charge in [0.15, 0.2) is 0 Å². The van der Waals surface area contributed by atoms with Crippen LogP contribution in [0.5, 0.6) is 0 Å². The maximum Gasteiger partial charge on any atom is 0.425 e. The minimum absolute atomic E-state index is 0.0312. The van der Waals surface area contributed by atoms with Crippen LogP contribution < -0.4 is 5.32 Å². The zero-order chi connectivity index (χ0) is 18.5. The third kappa shape index (κ3) is 3.21. The average molecular weight is 379 g/mol. The van der Waals surface area contributed by atoms with Crippen LogP contribution in [-0.4, -0.2) is 15.9 Å². The van der Waals surface area contributed by atoms with E-state index in [1.807, 2.05) is 24.3 Å². The van der Waals surface area contributed by atoms with E-state index in [1.54, 1.807) is 6.92 Å². The molecule has 2 N–H and O–H groups in total. The Balaban J connectivity index is 1.40. The molecular formula is C18H16F3N3OS. The lowest BCUT2D eigenvalue weighted by molar-refractivity contribution is -0.134. The molecule has 4 nitrogen and oxygen atoms in total. The van der Waals surface area contributed by atoms with E-state index in [0.717, 1.165) is 22.9 Å². The van der Waals surface area contributed by atoms with Crippen LogP contribution in [0.2, 0.25) is 0 Å². The molecular weight excluding hydrogens is 363 g/mol. The summed E-state index contributed by atoms with van der Waals surface area (Å²) >= 11 is 0.664. The number of hydrogen-bond donors (Lipinski definition) is 2. The highest BCUT2D eigenvalue weighted by molar-refractivity contribution is 7.12. The van der Waals surface area contributed by atoms with Gasteiger partial charge in [0, 0.05) is 16.7 Å². The Kier molecular flexibility index (Phi) is 4.02. The Morgan fingerprint density at radius 2 is 2.08 bits per heavy atom. The Bertz CT molecular complexity index is 929. The lowest BCUT2D eigenvalue weighted by Gasteiger charge is -2.12. The van der Waals surface area contributed by atoms with Gasteiger partial charge in [0.05, 0.1) is 17.1 Å². The predicted molar refractivity (Wildman–Crippen MR) is 92.8 cm³/mol. The normalized spacial score (nSPS) is 20.9. The first-order chi connectivity index (χ1) is 12.3. The molecule has 0 spiro atoms. The summed E-state index contributed by atoms with van der Waals surface area (Å²) < 4.78 is 38.1. The molecule has 4 rings (SSSR count). The molecule has 8 heteroatoms. The highest BCUT2D eigenvalue weighted by Crippen LogP contribution is 2.47. The third-order valence-electron chi connectivity index (χ3n) is 4.58. The second kappa shape index (κ2) is 6.12. The van der Waals surface area contributed by atoms with E-state index in [4.69, 9.17) is 0 Å². The fraction of sp³-hybridized carbons (Fsp3) is 0.333. The van der Waals surface area contributed by atoms with Gasteiger partial charge in [-0.25, -0.2) is 4.98 Å². The molecule has 2 aromatic heterocycles. The molecule has 1 saturated carbocycles.